The lowest BCUT2D eigenvalue weighted by atomic mass is 9.94. The number of nitrogens with one attached hydrogen (secondary N) is 1. The van der Waals surface area contributed by atoms with Crippen LogP contribution in [0.25, 0.3) is 0 Å². The molecule has 0 atom stereocenters. The van der Waals surface area contributed by atoms with Crippen molar-refractivity contribution in [1.29, 1.82) is 5.26 Å². The SMILES string of the molecule is CCC(C#N)(CC)NC(=O)c1ccc(O)c(C)c1. The zero-order chi connectivity index (χ0) is 13.8. The van der Waals surface area contributed by atoms with E-state index in [9.17, 15) is 9.90 Å². The predicted octanol–water partition coefficient (Wildman–Crippen LogP) is 2.51. The van der Waals surface area contributed by atoms with Crippen LogP contribution in [0.3, 0.4) is 0 Å². The number of hydrogen-bond donors (Lipinski definition) is 2. The van der Waals surface area contributed by atoms with Crippen molar-refractivity contribution in [2.45, 2.75) is 39.2 Å². The lowest BCUT2D eigenvalue weighted by Gasteiger charge is -2.25. The van der Waals surface area contributed by atoms with Crippen LogP contribution in [0.4, 0.5) is 0 Å². The van der Waals surface area contributed by atoms with Gasteiger partial charge < -0.3 is 10.4 Å². The molecular formula is C14H18N2O2. The van der Waals surface area contributed by atoms with Gasteiger partial charge in [-0.25, -0.2) is 0 Å². The monoisotopic (exact) mass is 246 g/mol. The van der Waals surface area contributed by atoms with Crippen LogP contribution in [-0.4, -0.2) is 16.6 Å². The molecule has 0 saturated carbocycles. The van der Waals surface area contributed by atoms with E-state index in [0.717, 1.165) is 0 Å². The molecule has 0 saturated heterocycles. The Balaban J connectivity index is 2.95. The smallest absolute Gasteiger partial charge is 0.252 e. The Morgan fingerprint density at radius 3 is 2.50 bits per heavy atom. The predicted molar refractivity (Wildman–Crippen MR) is 69.2 cm³/mol. The number of hydrogen-bond acceptors (Lipinski definition) is 3. The van der Waals surface area contributed by atoms with Crippen LogP contribution < -0.4 is 5.32 Å². The van der Waals surface area contributed by atoms with Gasteiger partial charge in [0.05, 0.1) is 6.07 Å². The van der Waals surface area contributed by atoms with Crippen molar-refractivity contribution in [1.82, 2.24) is 5.32 Å². The minimum atomic E-state index is -0.817. The molecule has 2 N–H and O–H groups in total. The van der Waals surface area contributed by atoms with Crippen molar-refractivity contribution < 1.29 is 9.90 Å². The maximum atomic E-state index is 12.1. The second-order valence-corrected chi connectivity index (χ2v) is 4.36. The number of phenols is 1. The molecule has 0 fully saturated rings. The Hall–Kier alpha value is -2.02. The Morgan fingerprint density at radius 2 is 2.06 bits per heavy atom. The van der Waals surface area contributed by atoms with Crippen LogP contribution >= 0.6 is 0 Å². The van der Waals surface area contributed by atoms with E-state index in [1.165, 1.54) is 6.07 Å². The second-order valence-electron chi connectivity index (χ2n) is 4.36. The van der Waals surface area contributed by atoms with E-state index >= 15 is 0 Å². The molecule has 0 aromatic heterocycles. The van der Waals surface area contributed by atoms with Crippen LogP contribution in [-0.2, 0) is 0 Å². The zero-order valence-electron chi connectivity index (χ0n) is 10.9. The molecule has 0 spiro atoms. The first-order chi connectivity index (χ1) is 8.48. The van der Waals surface area contributed by atoms with Crippen LogP contribution in [0, 0.1) is 18.3 Å². The van der Waals surface area contributed by atoms with E-state index in [1.807, 2.05) is 13.8 Å². The standard InChI is InChI=1S/C14H18N2O2/c1-4-14(5-2,9-15)16-13(18)11-6-7-12(17)10(3)8-11/h6-8,17H,4-5H2,1-3H3,(H,16,18). The highest BCUT2D eigenvalue weighted by Crippen LogP contribution is 2.19. The first kappa shape index (κ1) is 14.0. The molecule has 0 aliphatic rings. The molecule has 1 amide bonds. The zero-order valence-corrected chi connectivity index (χ0v) is 10.9. The number of rotatable bonds is 4. The minimum Gasteiger partial charge on any atom is -0.508 e. The first-order valence-electron chi connectivity index (χ1n) is 6.01. The molecule has 1 rings (SSSR count). The summed E-state index contributed by atoms with van der Waals surface area (Å²) in [7, 11) is 0. The summed E-state index contributed by atoms with van der Waals surface area (Å²) in [6, 6.07) is 6.80. The average Bonchev–Trinajstić information content (AvgIpc) is 2.39. The summed E-state index contributed by atoms with van der Waals surface area (Å²) < 4.78 is 0. The van der Waals surface area contributed by atoms with E-state index in [2.05, 4.69) is 11.4 Å². The Bertz CT molecular complexity index is 485. The molecule has 18 heavy (non-hydrogen) atoms. The van der Waals surface area contributed by atoms with Gasteiger partial charge in [-0.05, 0) is 43.5 Å². The van der Waals surface area contributed by atoms with Gasteiger partial charge in [-0.15, -0.1) is 0 Å². The molecule has 96 valence electrons. The molecule has 0 aliphatic carbocycles. The van der Waals surface area contributed by atoms with Crippen molar-refractivity contribution in [2.75, 3.05) is 0 Å². The van der Waals surface area contributed by atoms with E-state index in [4.69, 9.17) is 5.26 Å². The average molecular weight is 246 g/mol. The highest BCUT2D eigenvalue weighted by atomic mass is 16.3. The summed E-state index contributed by atoms with van der Waals surface area (Å²) in [6.07, 6.45) is 1.12. The molecule has 0 heterocycles. The van der Waals surface area contributed by atoms with Gasteiger partial charge in [0.25, 0.3) is 5.91 Å². The molecule has 0 radical (unpaired) electrons. The summed E-state index contributed by atoms with van der Waals surface area (Å²) in [5.41, 5.74) is 0.271. The van der Waals surface area contributed by atoms with Crippen molar-refractivity contribution >= 4 is 5.91 Å². The Labute approximate surface area is 107 Å². The number of carbonyl (C=O) groups is 1. The fourth-order valence-electron chi connectivity index (χ4n) is 1.70. The fourth-order valence-corrected chi connectivity index (χ4v) is 1.70. The Kier molecular flexibility index (Phi) is 4.33. The van der Waals surface area contributed by atoms with Gasteiger partial charge in [-0.2, -0.15) is 5.26 Å². The highest BCUT2D eigenvalue weighted by molar-refractivity contribution is 5.95. The number of carbonyl (C=O) groups excluding carboxylic acids is 1. The van der Waals surface area contributed by atoms with Crippen LogP contribution in [0.15, 0.2) is 18.2 Å². The molecule has 0 bridgehead atoms. The van der Waals surface area contributed by atoms with Crippen molar-refractivity contribution in [3.63, 3.8) is 0 Å². The van der Waals surface area contributed by atoms with Crippen molar-refractivity contribution in [3.05, 3.63) is 29.3 Å². The van der Waals surface area contributed by atoms with Gasteiger partial charge in [0.2, 0.25) is 0 Å². The summed E-state index contributed by atoms with van der Waals surface area (Å²) in [5, 5.41) is 21.3. The number of amides is 1. The normalized spacial score (nSPS) is 10.8. The summed E-state index contributed by atoms with van der Waals surface area (Å²) in [5.74, 6) is -0.132. The second kappa shape index (κ2) is 5.54. The summed E-state index contributed by atoms with van der Waals surface area (Å²) in [4.78, 5) is 12.1. The van der Waals surface area contributed by atoms with Gasteiger partial charge in [-0.1, -0.05) is 13.8 Å². The molecule has 1 aromatic carbocycles. The number of phenolic OH excluding ortho intramolecular Hbond substituents is 1. The maximum Gasteiger partial charge on any atom is 0.252 e. The number of nitriles is 1. The molecule has 4 heteroatoms. The number of aromatic hydroxyl groups is 1. The number of benzene rings is 1. The maximum absolute atomic E-state index is 12.1. The van der Waals surface area contributed by atoms with Crippen molar-refractivity contribution in [3.8, 4) is 11.8 Å². The van der Waals surface area contributed by atoms with Crippen LogP contribution in [0.5, 0.6) is 5.75 Å². The third-order valence-corrected chi connectivity index (χ3v) is 3.23. The third kappa shape index (κ3) is 2.80. The van der Waals surface area contributed by atoms with Gasteiger partial charge in [0.1, 0.15) is 11.3 Å². The molecular weight excluding hydrogens is 228 g/mol. The minimum absolute atomic E-state index is 0.157. The van der Waals surface area contributed by atoms with Crippen molar-refractivity contribution in [2.24, 2.45) is 0 Å². The Morgan fingerprint density at radius 1 is 1.44 bits per heavy atom. The van der Waals surface area contributed by atoms with Crippen LogP contribution in [0.2, 0.25) is 0 Å². The molecule has 0 aliphatic heterocycles. The fraction of sp³-hybridized carbons (Fsp3) is 0.429. The largest absolute Gasteiger partial charge is 0.508 e. The van der Waals surface area contributed by atoms with Crippen LogP contribution in [0.1, 0.15) is 42.6 Å². The van der Waals surface area contributed by atoms with E-state index < -0.39 is 5.54 Å². The first-order valence-corrected chi connectivity index (χ1v) is 6.01. The van der Waals surface area contributed by atoms with Gasteiger partial charge in [0.15, 0.2) is 0 Å². The molecule has 1 aromatic rings. The number of aryl methyl sites for hydroxylation is 1. The van der Waals surface area contributed by atoms with Gasteiger partial charge in [0, 0.05) is 5.56 Å². The quantitative estimate of drug-likeness (QED) is 0.857. The summed E-state index contributed by atoms with van der Waals surface area (Å²) >= 11 is 0. The molecule has 4 nitrogen and oxygen atoms in total. The highest BCUT2D eigenvalue weighted by Gasteiger charge is 2.28. The lowest BCUT2D eigenvalue weighted by molar-refractivity contribution is 0.0915. The topological polar surface area (TPSA) is 73.1 Å². The third-order valence-electron chi connectivity index (χ3n) is 3.23. The molecule has 0 unspecified atom stereocenters. The van der Waals surface area contributed by atoms with E-state index in [1.54, 1.807) is 19.1 Å². The van der Waals surface area contributed by atoms with E-state index in [-0.39, 0.29) is 11.7 Å². The lowest BCUT2D eigenvalue weighted by Crippen LogP contribution is -2.46. The van der Waals surface area contributed by atoms with Gasteiger partial charge >= 0.3 is 0 Å². The van der Waals surface area contributed by atoms with E-state index in [0.29, 0.717) is 24.0 Å². The van der Waals surface area contributed by atoms with Gasteiger partial charge in [-0.3, -0.25) is 4.79 Å². The summed E-state index contributed by atoms with van der Waals surface area (Å²) in [6.45, 7) is 5.47. The number of nitrogens with zero attached hydrogens (tertiary/aromatic N) is 1.